The van der Waals surface area contributed by atoms with Crippen molar-refractivity contribution in [3.8, 4) is 0 Å². The molecule has 0 amide bonds. The molecule has 3 rings (SSSR count). The van der Waals surface area contributed by atoms with E-state index >= 15 is 0 Å². The highest BCUT2D eigenvalue weighted by atomic mass is 35.5. The molecule has 0 spiro atoms. The second-order valence-corrected chi connectivity index (χ2v) is 8.09. The molecule has 0 fully saturated rings. The minimum Gasteiger partial charge on any atom is -0.376 e. The van der Waals surface area contributed by atoms with Crippen molar-refractivity contribution < 1.29 is 23.1 Å². The maximum atomic E-state index is 13.7. The van der Waals surface area contributed by atoms with Crippen LogP contribution < -0.4 is 0 Å². The molecule has 0 radical (unpaired) electrons. The van der Waals surface area contributed by atoms with Gasteiger partial charge in [-0.2, -0.15) is 13.2 Å². The van der Waals surface area contributed by atoms with Crippen molar-refractivity contribution in [1.82, 2.24) is 0 Å². The highest BCUT2D eigenvalue weighted by Crippen LogP contribution is 2.44. The fraction of sp³-hybridized carbons (Fsp3) is 0.211. The molecule has 142 valence electrons. The maximum absolute atomic E-state index is 13.7. The Kier molecular flexibility index (Phi) is 5.29. The Morgan fingerprint density at radius 3 is 2.26 bits per heavy atom. The number of halogens is 5. The fourth-order valence-corrected chi connectivity index (χ4v) is 4.58. The van der Waals surface area contributed by atoms with E-state index < -0.39 is 29.5 Å². The Morgan fingerprint density at radius 1 is 1.11 bits per heavy atom. The minimum atomic E-state index is -5.10. The molecular weight excluding hydrogens is 420 g/mol. The zero-order valence-electron chi connectivity index (χ0n) is 13.9. The lowest BCUT2D eigenvalue weighted by molar-refractivity contribution is -0.264. The lowest BCUT2D eigenvalue weighted by Gasteiger charge is -2.30. The van der Waals surface area contributed by atoms with Gasteiger partial charge in [-0.3, -0.25) is 4.79 Å². The molecule has 1 aromatic heterocycles. The highest BCUT2D eigenvalue weighted by Gasteiger charge is 2.56. The predicted octanol–water partition coefficient (Wildman–Crippen LogP) is 6.54. The Labute approximate surface area is 167 Å². The van der Waals surface area contributed by atoms with Gasteiger partial charge < -0.3 is 5.11 Å². The van der Waals surface area contributed by atoms with Crippen molar-refractivity contribution in [3.05, 3.63) is 68.5 Å². The summed E-state index contributed by atoms with van der Waals surface area (Å²) in [5.74, 6) is -0.801. The molecule has 2 aromatic carbocycles. The first-order chi connectivity index (χ1) is 12.5. The van der Waals surface area contributed by atoms with Crippen LogP contribution in [0.1, 0.15) is 27.2 Å². The molecule has 1 unspecified atom stereocenters. The number of Topliss-reactive ketones (excluding diaryl/α,β-unsaturated/α-hetero) is 1. The van der Waals surface area contributed by atoms with Gasteiger partial charge in [-0.15, -0.1) is 11.3 Å². The summed E-state index contributed by atoms with van der Waals surface area (Å²) in [5, 5.41) is 11.2. The molecule has 0 saturated heterocycles. The topological polar surface area (TPSA) is 37.3 Å². The summed E-state index contributed by atoms with van der Waals surface area (Å²) in [4.78, 5) is 12.9. The van der Waals surface area contributed by atoms with Crippen LogP contribution in [0.15, 0.2) is 42.5 Å². The number of carbonyl (C=O) groups is 1. The first-order valence-electron chi connectivity index (χ1n) is 7.80. The second-order valence-electron chi connectivity index (χ2n) is 6.17. The molecule has 27 heavy (non-hydrogen) atoms. The van der Waals surface area contributed by atoms with Gasteiger partial charge in [-0.05, 0) is 47.7 Å². The summed E-state index contributed by atoms with van der Waals surface area (Å²) in [5.41, 5.74) is -3.38. The molecule has 1 heterocycles. The molecule has 2 nitrogen and oxygen atoms in total. The lowest BCUT2D eigenvalue weighted by atomic mass is 9.87. The number of aliphatic hydroxyl groups is 1. The van der Waals surface area contributed by atoms with Gasteiger partial charge in [0, 0.05) is 14.7 Å². The molecule has 1 N–H and O–H groups in total. The molecule has 0 bridgehead atoms. The molecule has 1 atom stereocenters. The van der Waals surface area contributed by atoms with Crippen molar-refractivity contribution in [1.29, 1.82) is 0 Å². The third-order valence-corrected chi connectivity index (χ3v) is 6.07. The number of thiophene rings is 1. The molecule has 0 saturated carbocycles. The van der Waals surface area contributed by atoms with Crippen molar-refractivity contribution >= 4 is 50.4 Å². The van der Waals surface area contributed by atoms with E-state index in [1.807, 2.05) is 0 Å². The second kappa shape index (κ2) is 7.09. The van der Waals surface area contributed by atoms with Crippen LogP contribution in [0.3, 0.4) is 0 Å². The maximum Gasteiger partial charge on any atom is 0.421 e. The van der Waals surface area contributed by atoms with Gasteiger partial charge in [0.15, 0.2) is 11.4 Å². The number of aryl methyl sites for hydroxylation is 1. The molecule has 0 aliphatic heterocycles. The normalized spacial score (nSPS) is 14.3. The summed E-state index contributed by atoms with van der Waals surface area (Å²) in [7, 11) is 0. The Morgan fingerprint density at radius 2 is 1.70 bits per heavy atom. The summed E-state index contributed by atoms with van der Waals surface area (Å²) in [6, 6.07) is 10.3. The summed E-state index contributed by atoms with van der Waals surface area (Å²) in [6.45, 7) is 1.68. The van der Waals surface area contributed by atoms with E-state index in [1.54, 1.807) is 31.2 Å². The quantitative estimate of drug-likeness (QED) is 0.475. The Hall–Kier alpha value is -1.60. The summed E-state index contributed by atoms with van der Waals surface area (Å²) >= 11 is 12.7. The average Bonchev–Trinajstić information content (AvgIpc) is 2.90. The van der Waals surface area contributed by atoms with Gasteiger partial charge in [0.2, 0.25) is 0 Å². The lowest BCUT2D eigenvalue weighted by Crippen LogP contribution is -2.44. The van der Waals surface area contributed by atoms with E-state index in [0.29, 0.717) is 5.56 Å². The van der Waals surface area contributed by atoms with Crippen LogP contribution in [0.25, 0.3) is 10.1 Å². The highest BCUT2D eigenvalue weighted by molar-refractivity contribution is 7.21. The van der Waals surface area contributed by atoms with E-state index in [-0.39, 0.29) is 14.9 Å². The summed E-state index contributed by atoms with van der Waals surface area (Å²) < 4.78 is 42.0. The van der Waals surface area contributed by atoms with Crippen molar-refractivity contribution in [3.63, 3.8) is 0 Å². The van der Waals surface area contributed by atoms with Crippen LogP contribution in [0.2, 0.25) is 10.0 Å². The van der Waals surface area contributed by atoms with Crippen molar-refractivity contribution in [2.24, 2.45) is 0 Å². The van der Waals surface area contributed by atoms with E-state index in [0.717, 1.165) is 33.6 Å². The van der Waals surface area contributed by atoms with Crippen molar-refractivity contribution in [2.45, 2.75) is 25.1 Å². The molecule has 0 aliphatic carbocycles. The number of hydrogen-bond acceptors (Lipinski definition) is 3. The summed E-state index contributed by atoms with van der Waals surface area (Å²) in [6.07, 6.45) is -6.26. The Bertz CT molecular complexity index is 1010. The zero-order valence-corrected chi connectivity index (χ0v) is 16.2. The van der Waals surface area contributed by atoms with E-state index in [4.69, 9.17) is 23.2 Å². The van der Waals surface area contributed by atoms with Crippen LogP contribution in [0, 0.1) is 6.92 Å². The third kappa shape index (κ3) is 3.72. The van der Waals surface area contributed by atoms with Gasteiger partial charge in [-0.1, -0.05) is 41.4 Å². The Balaban J connectivity index is 2.06. The van der Waals surface area contributed by atoms with Crippen LogP contribution in [0.4, 0.5) is 13.2 Å². The van der Waals surface area contributed by atoms with Gasteiger partial charge in [0.1, 0.15) is 0 Å². The van der Waals surface area contributed by atoms with Gasteiger partial charge in [-0.25, -0.2) is 0 Å². The first-order valence-corrected chi connectivity index (χ1v) is 9.37. The largest absolute Gasteiger partial charge is 0.421 e. The van der Waals surface area contributed by atoms with E-state index in [2.05, 4.69) is 0 Å². The third-order valence-electron chi connectivity index (χ3n) is 4.32. The van der Waals surface area contributed by atoms with E-state index in [1.165, 1.54) is 6.07 Å². The molecule has 0 aliphatic rings. The molecule has 3 aromatic rings. The zero-order chi connectivity index (χ0) is 20.0. The van der Waals surface area contributed by atoms with Gasteiger partial charge in [0.05, 0.1) is 11.3 Å². The number of fused-ring (bicyclic) bond motifs is 1. The smallest absolute Gasteiger partial charge is 0.376 e. The standard InChI is InChI=1S/C19H13Cl2F3O2S/c1-10-14-4-2-3-5-16(14)27-17(10)15(25)9-18(26,19(22,23)24)11-6-12(20)8-13(21)7-11/h2-8,26H,9H2,1H3. The number of hydrogen-bond donors (Lipinski definition) is 1. The number of rotatable bonds is 4. The van der Waals surface area contributed by atoms with Crippen LogP contribution in [-0.2, 0) is 5.60 Å². The van der Waals surface area contributed by atoms with Gasteiger partial charge >= 0.3 is 6.18 Å². The molecular formula is C19H13Cl2F3O2S. The van der Waals surface area contributed by atoms with E-state index in [9.17, 15) is 23.1 Å². The predicted molar refractivity (Wildman–Crippen MR) is 102 cm³/mol. The monoisotopic (exact) mass is 432 g/mol. The number of benzene rings is 2. The number of carbonyl (C=O) groups excluding carboxylic acids is 1. The minimum absolute atomic E-state index is 0.0642. The number of alkyl halides is 3. The van der Waals surface area contributed by atoms with Crippen LogP contribution in [-0.4, -0.2) is 17.1 Å². The van der Waals surface area contributed by atoms with Crippen molar-refractivity contribution in [2.75, 3.05) is 0 Å². The molecule has 8 heteroatoms. The van der Waals surface area contributed by atoms with Crippen LogP contribution >= 0.6 is 34.5 Å². The van der Waals surface area contributed by atoms with Gasteiger partial charge in [0.25, 0.3) is 0 Å². The first kappa shape index (κ1) is 20.1. The fourth-order valence-electron chi connectivity index (χ4n) is 2.91. The SMILES string of the molecule is Cc1c(C(=O)CC(O)(c2cc(Cl)cc(Cl)c2)C(F)(F)F)sc2ccccc12. The average molecular weight is 433 g/mol. The number of ketones is 1. The van der Waals surface area contributed by atoms with Crippen LogP contribution in [0.5, 0.6) is 0 Å².